The van der Waals surface area contributed by atoms with Crippen molar-refractivity contribution >= 4 is 16.6 Å². The summed E-state index contributed by atoms with van der Waals surface area (Å²) in [6, 6.07) is 5.15. The fourth-order valence-corrected chi connectivity index (χ4v) is 3.16. The van der Waals surface area contributed by atoms with E-state index in [2.05, 4.69) is 16.0 Å². The van der Waals surface area contributed by atoms with E-state index in [1.807, 2.05) is 6.92 Å². The van der Waals surface area contributed by atoms with Crippen molar-refractivity contribution in [1.82, 2.24) is 4.98 Å². The van der Waals surface area contributed by atoms with Gasteiger partial charge in [0.2, 0.25) is 0 Å². The maximum atomic E-state index is 13.8. The van der Waals surface area contributed by atoms with Crippen LogP contribution in [0.3, 0.4) is 0 Å². The summed E-state index contributed by atoms with van der Waals surface area (Å²) in [6.45, 7) is 3.43. The molecule has 0 bridgehead atoms. The highest BCUT2D eigenvalue weighted by Gasteiger charge is 2.23. The van der Waals surface area contributed by atoms with E-state index < -0.39 is 0 Å². The van der Waals surface area contributed by atoms with E-state index in [1.54, 1.807) is 13.3 Å². The second kappa shape index (κ2) is 5.90. The van der Waals surface area contributed by atoms with Crippen molar-refractivity contribution in [3.05, 3.63) is 35.3 Å². The van der Waals surface area contributed by atoms with E-state index in [4.69, 9.17) is 4.74 Å². The second-order valence-electron chi connectivity index (χ2n) is 5.67. The first-order valence-electron chi connectivity index (χ1n) is 7.40. The van der Waals surface area contributed by atoms with Crippen LogP contribution in [0, 0.1) is 24.1 Å². The maximum Gasteiger partial charge on any atom is 0.124 e. The van der Waals surface area contributed by atoms with Crippen molar-refractivity contribution in [2.45, 2.75) is 25.9 Å². The third kappa shape index (κ3) is 2.51. The second-order valence-corrected chi connectivity index (χ2v) is 5.67. The van der Waals surface area contributed by atoms with Crippen molar-refractivity contribution in [2.75, 3.05) is 25.1 Å². The number of methoxy groups -OCH3 is 1. The van der Waals surface area contributed by atoms with E-state index in [0.29, 0.717) is 10.9 Å². The average Bonchev–Trinajstić information content (AvgIpc) is 2.53. The van der Waals surface area contributed by atoms with E-state index in [9.17, 15) is 9.65 Å². The summed E-state index contributed by atoms with van der Waals surface area (Å²) in [4.78, 5) is 6.49. The van der Waals surface area contributed by atoms with E-state index in [0.717, 1.165) is 42.7 Å². The van der Waals surface area contributed by atoms with Crippen molar-refractivity contribution in [2.24, 2.45) is 0 Å². The molecule has 0 saturated carbocycles. The van der Waals surface area contributed by atoms with Crippen LogP contribution in [0.2, 0.25) is 0 Å². The third-order valence-corrected chi connectivity index (χ3v) is 4.31. The Morgan fingerprint density at radius 3 is 2.73 bits per heavy atom. The van der Waals surface area contributed by atoms with Gasteiger partial charge in [-0.2, -0.15) is 5.26 Å². The number of aromatic nitrogens is 1. The maximum absolute atomic E-state index is 13.8. The van der Waals surface area contributed by atoms with Gasteiger partial charge in [-0.05, 0) is 37.5 Å². The monoisotopic (exact) mass is 299 g/mol. The van der Waals surface area contributed by atoms with Crippen LogP contribution in [0.25, 0.3) is 10.9 Å². The summed E-state index contributed by atoms with van der Waals surface area (Å²) in [5, 5.41) is 10.1. The Labute approximate surface area is 129 Å². The van der Waals surface area contributed by atoms with Crippen LogP contribution in [-0.2, 0) is 4.74 Å². The average molecular weight is 299 g/mol. The molecule has 0 aliphatic carbocycles. The molecule has 3 rings (SSSR count). The van der Waals surface area contributed by atoms with Gasteiger partial charge in [-0.3, -0.25) is 4.98 Å². The third-order valence-electron chi connectivity index (χ3n) is 4.31. The molecule has 0 radical (unpaired) electrons. The number of hydrogen-bond donors (Lipinski definition) is 0. The zero-order valence-corrected chi connectivity index (χ0v) is 12.8. The largest absolute Gasteiger partial charge is 0.381 e. The highest BCUT2D eigenvalue weighted by Crippen LogP contribution is 2.33. The lowest BCUT2D eigenvalue weighted by Gasteiger charge is -2.34. The molecule has 0 spiro atoms. The standard InChI is InChI=1S/C17H18FN3O/c1-11-7-13(18)8-15-16(11)20-10-12(9-19)17(15)21-5-3-14(22-2)4-6-21/h7-8,10,14H,3-6H2,1-2H3. The summed E-state index contributed by atoms with van der Waals surface area (Å²) in [7, 11) is 1.72. The quantitative estimate of drug-likeness (QED) is 0.854. The number of pyridine rings is 1. The molecule has 114 valence electrons. The number of nitriles is 1. The normalized spacial score (nSPS) is 16.0. The molecule has 22 heavy (non-hydrogen) atoms. The molecule has 1 aromatic carbocycles. The molecule has 0 N–H and O–H groups in total. The van der Waals surface area contributed by atoms with Crippen molar-refractivity contribution in [3.8, 4) is 6.07 Å². The summed E-state index contributed by atoms with van der Waals surface area (Å²) in [5.74, 6) is -0.296. The molecule has 2 aromatic rings. The predicted molar refractivity (Wildman–Crippen MR) is 83.4 cm³/mol. The van der Waals surface area contributed by atoms with Gasteiger partial charge in [0, 0.05) is 31.8 Å². The highest BCUT2D eigenvalue weighted by atomic mass is 19.1. The SMILES string of the molecule is COC1CCN(c2c(C#N)cnc3c(C)cc(F)cc23)CC1. The summed E-state index contributed by atoms with van der Waals surface area (Å²) in [6.07, 6.45) is 3.65. The number of benzene rings is 1. The Morgan fingerprint density at radius 1 is 1.36 bits per heavy atom. The topological polar surface area (TPSA) is 49.1 Å². The molecule has 4 nitrogen and oxygen atoms in total. The van der Waals surface area contributed by atoms with Crippen LogP contribution in [0.4, 0.5) is 10.1 Å². The van der Waals surface area contributed by atoms with Crippen molar-refractivity contribution in [1.29, 1.82) is 5.26 Å². The summed E-state index contributed by atoms with van der Waals surface area (Å²) >= 11 is 0. The van der Waals surface area contributed by atoms with Crippen LogP contribution >= 0.6 is 0 Å². The van der Waals surface area contributed by atoms with Gasteiger partial charge in [0.15, 0.2) is 0 Å². The molecule has 1 aromatic heterocycles. The number of anilines is 1. The number of halogens is 1. The van der Waals surface area contributed by atoms with Crippen LogP contribution in [0.15, 0.2) is 18.3 Å². The van der Waals surface area contributed by atoms with E-state index in [-0.39, 0.29) is 11.9 Å². The molecule has 0 unspecified atom stereocenters. The highest BCUT2D eigenvalue weighted by molar-refractivity contribution is 5.96. The van der Waals surface area contributed by atoms with Crippen LogP contribution < -0.4 is 4.90 Å². The predicted octanol–water partition coefficient (Wildman–Crippen LogP) is 3.17. The van der Waals surface area contributed by atoms with Crippen LogP contribution in [0.5, 0.6) is 0 Å². The first-order chi connectivity index (χ1) is 10.6. The Balaban J connectivity index is 2.13. The lowest BCUT2D eigenvalue weighted by molar-refractivity contribution is 0.0819. The molecular weight excluding hydrogens is 281 g/mol. The van der Waals surface area contributed by atoms with Gasteiger partial charge in [0.1, 0.15) is 11.9 Å². The Morgan fingerprint density at radius 2 is 2.09 bits per heavy atom. The van der Waals surface area contributed by atoms with Crippen molar-refractivity contribution in [3.63, 3.8) is 0 Å². The van der Waals surface area contributed by atoms with Gasteiger partial charge in [-0.25, -0.2) is 4.39 Å². The lowest BCUT2D eigenvalue weighted by atomic mass is 10.0. The fraction of sp³-hybridized carbons (Fsp3) is 0.412. The fourth-order valence-electron chi connectivity index (χ4n) is 3.16. The lowest BCUT2D eigenvalue weighted by Crippen LogP contribution is -2.37. The molecule has 0 atom stereocenters. The Kier molecular flexibility index (Phi) is 3.95. The number of nitrogens with zero attached hydrogens (tertiary/aromatic N) is 3. The summed E-state index contributed by atoms with van der Waals surface area (Å²) < 4.78 is 19.2. The first-order valence-corrected chi connectivity index (χ1v) is 7.40. The minimum absolute atomic E-state index is 0.258. The molecule has 0 amide bonds. The molecular formula is C17H18FN3O. The van der Waals surface area contributed by atoms with Gasteiger partial charge in [0.25, 0.3) is 0 Å². The van der Waals surface area contributed by atoms with Crippen LogP contribution in [-0.4, -0.2) is 31.3 Å². The summed E-state index contributed by atoms with van der Waals surface area (Å²) in [5.41, 5.74) is 2.83. The number of ether oxygens (including phenoxy) is 1. The minimum Gasteiger partial charge on any atom is -0.381 e. The number of hydrogen-bond acceptors (Lipinski definition) is 4. The molecule has 2 heterocycles. The minimum atomic E-state index is -0.296. The molecule has 1 aliphatic rings. The number of aryl methyl sites for hydroxylation is 1. The van der Waals surface area contributed by atoms with Gasteiger partial charge in [-0.15, -0.1) is 0 Å². The van der Waals surface area contributed by atoms with Crippen molar-refractivity contribution < 1.29 is 9.13 Å². The first kappa shape index (κ1) is 14.7. The Bertz CT molecular complexity index is 746. The van der Waals surface area contributed by atoms with E-state index in [1.165, 1.54) is 12.1 Å². The molecule has 5 heteroatoms. The Hall–Kier alpha value is -2.19. The zero-order chi connectivity index (χ0) is 15.7. The molecule has 1 saturated heterocycles. The number of piperidine rings is 1. The molecule has 1 aliphatic heterocycles. The van der Waals surface area contributed by atoms with Crippen LogP contribution in [0.1, 0.15) is 24.0 Å². The number of fused-ring (bicyclic) bond motifs is 1. The van der Waals surface area contributed by atoms with Gasteiger partial charge < -0.3 is 9.64 Å². The molecule has 1 fully saturated rings. The van der Waals surface area contributed by atoms with Gasteiger partial charge in [-0.1, -0.05) is 0 Å². The van der Waals surface area contributed by atoms with Gasteiger partial charge in [0.05, 0.1) is 22.9 Å². The zero-order valence-electron chi connectivity index (χ0n) is 12.8. The smallest absolute Gasteiger partial charge is 0.124 e. The number of rotatable bonds is 2. The van der Waals surface area contributed by atoms with E-state index >= 15 is 0 Å². The van der Waals surface area contributed by atoms with Gasteiger partial charge >= 0.3 is 0 Å².